The van der Waals surface area contributed by atoms with E-state index < -0.39 is 27.7 Å². The number of carbonyl (C=O) groups is 1. The summed E-state index contributed by atoms with van der Waals surface area (Å²) in [4.78, 5) is 17.6. The number of alkyl halides is 3. The van der Waals surface area contributed by atoms with Crippen molar-refractivity contribution < 1.29 is 36.6 Å². The van der Waals surface area contributed by atoms with E-state index in [1.54, 1.807) is 27.7 Å². The van der Waals surface area contributed by atoms with E-state index in [1.165, 1.54) is 35.3 Å². The van der Waals surface area contributed by atoms with E-state index in [9.17, 15) is 36.6 Å². The van der Waals surface area contributed by atoms with Gasteiger partial charge in [0.25, 0.3) is 0 Å². The van der Waals surface area contributed by atoms with Gasteiger partial charge >= 0.3 is 21.5 Å². The number of carboxylic acid groups (broad SMARTS) is 1. The molecule has 0 amide bonds. The fourth-order valence-corrected chi connectivity index (χ4v) is 4.92. The lowest BCUT2D eigenvalue weighted by Crippen LogP contribution is -2.45. The van der Waals surface area contributed by atoms with Crippen molar-refractivity contribution in [2.45, 2.75) is 37.7 Å². The quantitative estimate of drug-likeness (QED) is 0.226. The third-order valence-electron chi connectivity index (χ3n) is 6.48. The average Bonchev–Trinajstić information content (AvgIpc) is 3.26. The maximum absolute atomic E-state index is 12.6. The van der Waals surface area contributed by atoms with Crippen LogP contribution in [-0.4, -0.2) is 71.3 Å². The molecule has 0 radical (unpaired) electrons. The molecule has 2 unspecified atom stereocenters. The Balaban J connectivity index is 1.44. The predicted molar refractivity (Wildman–Crippen MR) is 148 cm³/mol. The van der Waals surface area contributed by atoms with Gasteiger partial charge < -0.3 is 30.7 Å². The number of aliphatic hydroxyl groups excluding tert-OH is 1. The lowest BCUT2D eigenvalue weighted by atomic mass is 10.1. The van der Waals surface area contributed by atoms with Crippen LogP contribution in [0.25, 0.3) is 10.9 Å². The molecular formula is C26H29F3N6O5S. The van der Waals surface area contributed by atoms with Gasteiger partial charge in [-0.25, -0.2) is 9.79 Å². The minimum atomic E-state index is -5.55. The van der Waals surface area contributed by atoms with Crippen molar-refractivity contribution in [3.63, 3.8) is 0 Å². The van der Waals surface area contributed by atoms with Crippen LogP contribution in [0.1, 0.15) is 28.5 Å². The first-order valence-electron chi connectivity index (χ1n) is 12.4. The van der Waals surface area contributed by atoms with E-state index in [-0.39, 0.29) is 24.0 Å². The van der Waals surface area contributed by atoms with Gasteiger partial charge in [0.1, 0.15) is 17.7 Å². The normalized spacial score (nSPS) is 15.5. The highest BCUT2D eigenvalue weighted by Crippen LogP contribution is 2.27. The summed E-state index contributed by atoms with van der Waals surface area (Å²) in [5.74, 6) is -0.753. The number of aliphatic imine (C=N–C) groups is 1. The van der Waals surface area contributed by atoms with Crippen LogP contribution < -0.4 is 15.8 Å². The Labute approximate surface area is 233 Å². The van der Waals surface area contributed by atoms with Crippen molar-refractivity contribution in [3.05, 3.63) is 77.2 Å². The second-order valence-electron chi connectivity index (χ2n) is 9.63. The highest BCUT2D eigenvalue weighted by atomic mass is 32.2. The van der Waals surface area contributed by atoms with Gasteiger partial charge in [-0.15, -0.1) is 0 Å². The highest BCUT2D eigenvalue weighted by Gasteiger charge is 2.46. The van der Waals surface area contributed by atoms with Gasteiger partial charge in [-0.1, -0.05) is 18.2 Å². The Morgan fingerprint density at radius 3 is 2.44 bits per heavy atom. The lowest BCUT2D eigenvalue weighted by molar-refractivity contribution is -0.0429. The Morgan fingerprint density at radius 1 is 1.15 bits per heavy atom. The molecule has 4 rings (SSSR count). The van der Waals surface area contributed by atoms with Gasteiger partial charge in [0.05, 0.1) is 6.34 Å². The maximum atomic E-state index is 12.6. The Kier molecular flexibility index (Phi) is 8.60. The summed E-state index contributed by atoms with van der Waals surface area (Å²) in [5.41, 5.74) is 2.03. The second kappa shape index (κ2) is 11.8. The van der Waals surface area contributed by atoms with Crippen molar-refractivity contribution in [1.29, 1.82) is 0 Å². The number of aromatic nitrogens is 1. The third-order valence-corrected chi connectivity index (χ3v) is 7.59. The molecule has 0 bridgehead atoms. The zero-order chi connectivity index (χ0) is 29.9. The van der Waals surface area contributed by atoms with Crippen LogP contribution in [0, 0.1) is 0 Å². The topological polar surface area (TPSA) is 162 Å². The Morgan fingerprint density at radius 2 is 1.83 bits per heavy atom. The molecular weight excluding hydrogens is 565 g/mol. The van der Waals surface area contributed by atoms with Crippen LogP contribution in [0.15, 0.2) is 65.4 Å². The fraction of sp³-hybridized carbons (Fsp3) is 0.308. The number of anilines is 1. The molecule has 0 aliphatic carbocycles. The molecule has 41 heavy (non-hydrogen) atoms. The first-order valence-corrected chi connectivity index (χ1v) is 13.9. The summed E-state index contributed by atoms with van der Waals surface area (Å²) in [6, 6.07) is 12.3. The van der Waals surface area contributed by atoms with Crippen molar-refractivity contribution in [2.75, 3.05) is 17.8 Å². The van der Waals surface area contributed by atoms with Gasteiger partial charge in [-0.2, -0.15) is 21.6 Å². The van der Waals surface area contributed by atoms with Crippen molar-refractivity contribution in [1.82, 2.24) is 14.8 Å². The number of hydrogen-bond donors (Lipinski definition) is 5. The lowest BCUT2D eigenvalue weighted by Gasteiger charge is -2.27. The molecule has 3 aromatic rings. The smallest absolute Gasteiger partial charge is 0.477 e. The maximum Gasteiger partial charge on any atom is 0.516 e. The van der Waals surface area contributed by atoms with Crippen LogP contribution in [0.3, 0.4) is 0 Å². The molecule has 220 valence electrons. The molecule has 0 fully saturated rings. The molecule has 1 aromatic heterocycles. The van der Waals surface area contributed by atoms with Gasteiger partial charge in [-0.05, 0) is 60.9 Å². The minimum Gasteiger partial charge on any atom is -0.477 e. The van der Waals surface area contributed by atoms with E-state index in [0.717, 1.165) is 5.56 Å². The fourth-order valence-electron chi connectivity index (χ4n) is 4.36. The van der Waals surface area contributed by atoms with E-state index in [4.69, 9.17) is 5.73 Å². The summed E-state index contributed by atoms with van der Waals surface area (Å²) >= 11 is 0. The first-order chi connectivity index (χ1) is 19.2. The molecule has 1 aliphatic rings. The molecule has 15 heteroatoms. The number of nitrogens with two attached hydrogens (primary N) is 1. The molecule has 2 aromatic carbocycles. The summed E-state index contributed by atoms with van der Waals surface area (Å²) in [5, 5.41) is 24.1. The standard InChI is InChI=1S/C26H29F3N6O5S/c1-16(31-13-24(36)34-9-8-23(30)32-15-34)10-18-4-7-21-19(11-18)12-22(25(37)38)35(21)14-17-2-5-20(6-3-17)33-41(39,40)26(27,28)29/h2-8,11-12,15-16,24,31,33,36H,9-10,13-14,30H2,1H3,(H,37,38). The number of sulfonamides is 1. The monoisotopic (exact) mass is 594 g/mol. The summed E-state index contributed by atoms with van der Waals surface area (Å²) < 4.78 is 63.6. The van der Waals surface area contributed by atoms with E-state index in [1.807, 2.05) is 19.1 Å². The van der Waals surface area contributed by atoms with Crippen LogP contribution in [0.4, 0.5) is 18.9 Å². The van der Waals surface area contributed by atoms with Gasteiger partial charge in [0.2, 0.25) is 0 Å². The third kappa shape index (κ3) is 7.17. The molecule has 2 atom stereocenters. The SMILES string of the molecule is CC(Cc1ccc2c(c1)cc(C(=O)O)n2Cc1ccc(NS(=O)(=O)C(F)(F)F)cc1)NCC(O)N1C=NC(N)=CC1. The molecule has 11 nitrogen and oxygen atoms in total. The number of benzene rings is 2. The Hall–Kier alpha value is -4.08. The largest absolute Gasteiger partial charge is 0.516 e. The van der Waals surface area contributed by atoms with Crippen LogP contribution in [-0.2, 0) is 23.0 Å². The van der Waals surface area contributed by atoms with Crippen LogP contribution in [0.2, 0.25) is 0 Å². The minimum absolute atomic E-state index is 0.0150. The number of rotatable bonds is 11. The van der Waals surface area contributed by atoms with Crippen molar-refractivity contribution in [3.8, 4) is 0 Å². The highest BCUT2D eigenvalue weighted by molar-refractivity contribution is 7.93. The number of aromatic carboxylic acids is 1. The van der Waals surface area contributed by atoms with Crippen LogP contribution >= 0.6 is 0 Å². The second-order valence-corrected chi connectivity index (χ2v) is 11.3. The molecule has 0 spiro atoms. The molecule has 2 heterocycles. The predicted octanol–water partition coefficient (Wildman–Crippen LogP) is 2.63. The van der Waals surface area contributed by atoms with Gasteiger partial charge in [0, 0.05) is 42.3 Å². The number of fused-ring (bicyclic) bond motifs is 1. The van der Waals surface area contributed by atoms with Crippen molar-refractivity contribution in [2.24, 2.45) is 10.7 Å². The average molecular weight is 595 g/mol. The van der Waals surface area contributed by atoms with Gasteiger partial charge in [0.15, 0.2) is 0 Å². The number of aliphatic hydroxyl groups is 1. The summed E-state index contributed by atoms with van der Waals surface area (Å²) in [6.07, 6.45) is 3.01. The molecule has 6 N–H and O–H groups in total. The molecule has 1 aliphatic heterocycles. The zero-order valence-electron chi connectivity index (χ0n) is 21.8. The van der Waals surface area contributed by atoms with E-state index >= 15 is 0 Å². The van der Waals surface area contributed by atoms with Crippen molar-refractivity contribution >= 4 is 38.9 Å². The Bertz CT molecular complexity index is 1590. The summed E-state index contributed by atoms with van der Waals surface area (Å²) in [6.45, 7) is 2.80. The molecule has 0 saturated heterocycles. The zero-order valence-corrected chi connectivity index (χ0v) is 22.7. The molecule has 0 saturated carbocycles. The number of nitrogens with one attached hydrogen (secondary N) is 2. The number of nitrogens with zero attached hydrogens (tertiary/aromatic N) is 3. The first kappa shape index (κ1) is 29.9. The number of hydrogen-bond acceptors (Lipinski definition) is 8. The number of carboxylic acids is 1. The van der Waals surface area contributed by atoms with Gasteiger partial charge in [-0.3, -0.25) is 4.72 Å². The summed E-state index contributed by atoms with van der Waals surface area (Å²) in [7, 11) is -5.55. The number of halogens is 3. The van der Waals surface area contributed by atoms with E-state index in [0.29, 0.717) is 41.8 Å². The van der Waals surface area contributed by atoms with E-state index in [2.05, 4.69) is 10.3 Å². The van der Waals surface area contributed by atoms with Crippen LogP contribution in [0.5, 0.6) is 0 Å².